The normalized spacial score (nSPS) is 17.2. The van der Waals surface area contributed by atoms with Crippen LogP contribution < -0.4 is 5.73 Å². The lowest BCUT2D eigenvalue weighted by Gasteiger charge is -2.29. The van der Waals surface area contributed by atoms with E-state index < -0.39 is 0 Å². The molecule has 0 bridgehead atoms. The quantitative estimate of drug-likeness (QED) is 0.877. The van der Waals surface area contributed by atoms with E-state index in [1.165, 1.54) is 12.0 Å². The van der Waals surface area contributed by atoms with Crippen LogP contribution in [0.2, 0.25) is 0 Å². The van der Waals surface area contributed by atoms with Crippen molar-refractivity contribution >= 4 is 21.7 Å². The largest absolute Gasteiger partial charge is 0.383 e. The smallest absolute Gasteiger partial charge is 0.155 e. The summed E-state index contributed by atoms with van der Waals surface area (Å²) >= 11 is 3.39. The fraction of sp³-hybridized carbons (Fsp3) is 0.429. The van der Waals surface area contributed by atoms with Crippen molar-refractivity contribution in [2.24, 2.45) is 0 Å². The first-order valence-corrected chi connectivity index (χ1v) is 7.28. The molecule has 4 nitrogen and oxygen atoms in total. The number of hydrogen-bond donors (Lipinski definition) is 1. The zero-order chi connectivity index (χ0) is 13.6. The van der Waals surface area contributed by atoms with Gasteiger partial charge in [-0.2, -0.15) is 9.78 Å². The highest BCUT2D eigenvalue weighted by Crippen LogP contribution is 2.40. The molecule has 5 heteroatoms. The summed E-state index contributed by atoms with van der Waals surface area (Å²) in [7, 11) is 0. The van der Waals surface area contributed by atoms with Crippen LogP contribution in [0.4, 0.5) is 5.82 Å². The lowest BCUT2D eigenvalue weighted by molar-refractivity contribution is 0.432. The standard InChI is InChI=1S/C14H17BrN4/c1-14(2)7-3-4-10-12(14)13(16)19(18-10)11-6-5-9(15)8-17-11/h5-6,8H,3-4,7,16H2,1-2H3. The lowest BCUT2D eigenvalue weighted by Crippen LogP contribution is -2.24. The number of aryl methyl sites for hydroxylation is 1. The van der Waals surface area contributed by atoms with Crippen molar-refractivity contribution in [3.8, 4) is 5.82 Å². The Kier molecular flexibility index (Phi) is 2.89. The predicted molar refractivity (Wildman–Crippen MR) is 79.4 cm³/mol. The molecule has 3 rings (SSSR count). The summed E-state index contributed by atoms with van der Waals surface area (Å²) in [6.07, 6.45) is 5.10. The third-order valence-corrected chi connectivity index (χ3v) is 4.28. The Labute approximate surface area is 121 Å². The number of anilines is 1. The van der Waals surface area contributed by atoms with Crippen LogP contribution in [0.5, 0.6) is 0 Å². The van der Waals surface area contributed by atoms with Gasteiger partial charge in [0.2, 0.25) is 0 Å². The molecule has 2 aromatic rings. The maximum atomic E-state index is 6.32. The van der Waals surface area contributed by atoms with Crippen LogP contribution in [-0.2, 0) is 11.8 Å². The van der Waals surface area contributed by atoms with Gasteiger partial charge in [0.05, 0.1) is 5.69 Å². The van der Waals surface area contributed by atoms with Crippen LogP contribution in [0.1, 0.15) is 37.9 Å². The van der Waals surface area contributed by atoms with Crippen LogP contribution in [0.3, 0.4) is 0 Å². The van der Waals surface area contributed by atoms with Gasteiger partial charge in [0, 0.05) is 16.2 Å². The third kappa shape index (κ3) is 2.06. The molecule has 19 heavy (non-hydrogen) atoms. The van der Waals surface area contributed by atoms with Gasteiger partial charge in [-0.15, -0.1) is 0 Å². The molecule has 100 valence electrons. The topological polar surface area (TPSA) is 56.7 Å². The van der Waals surface area contributed by atoms with Gasteiger partial charge in [-0.25, -0.2) is 4.98 Å². The van der Waals surface area contributed by atoms with Crippen LogP contribution in [0.25, 0.3) is 5.82 Å². The Morgan fingerprint density at radius 3 is 2.79 bits per heavy atom. The van der Waals surface area contributed by atoms with Crippen LogP contribution in [-0.4, -0.2) is 14.8 Å². The van der Waals surface area contributed by atoms with E-state index in [1.807, 2.05) is 12.1 Å². The molecule has 2 heterocycles. The first-order valence-electron chi connectivity index (χ1n) is 6.49. The number of nitrogens with two attached hydrogens (primary N) is 1. The fourth-order valence-corrected chi connectivity index (χ4v) is 3.12. The maximum Gasteiger partial charge on any atom is 0.155 e. The molecular formula is C14H17BrN4. The summed E-state index contributed by atoms with van der Waals surface area (Å²) in [5, 5.41) is 4.66. The first kappa shape index (κ1) is 12.7. The van der Waals surface area contributed by atoms with Gasteiger partial charge in [0.25, 0.3) is 0 Å². The highest BCUT2D eigenvalue weighted by atomic mass is 79.9. The van der Waals surface area contributed by atoms with E-state index in [1.54, 1.807) is 10.9 Å². The summed E-state index contributed by atoms with van der Waals surface area (Å²) in [6, 6.07) is 3.87. The van der Waals surface area contributed by atoms with E-state index in [0.717, 1.165) is 34.6 Å². The molecule has 0 spiro atoms. The summed E-state index contributed by atoms with van der Waals surface area (Å²) in [5.41, 5.74) is 8.74. The average molecular weight is 321 g/mol. The van der Waals surface area contributed by atoms with Crippen molar-refractivity contribution in [2.75, 3.05) is 5.73 Å². The number of fused-ring (bicyclic) bond motifs is 1. The minimum Gasteiger partial charge on any atom is -0.383 e. The van der Waals surface area contributed by atoms with E-state index in [2.05, 4.69) is 39.9 Å². The number of hydrogen-bond acceptors (Lipinski definition) is 3. The Balaban J connectivity index is 2.15. The third-order valence-electron chi connectivity index (χ3n) is 3.81. The van der Waals surface area contributed by atoms with Gasteiger partial charge in [0.1, 0.15) is 5.82 Å². The lowest BCUT2D eigenvalue weighted by atomic mass is 9.75. The van der Waals surface area contributed by atoms with Crippen molar-refractivity contribution in [2.45, 2.75) is 38.5 Å². The second-order valence-corrected chi connectivity index (χ2v) is 6.61. The van der Waals surface area contributed by atoms with Crippen molar-refractivity contribution in [1.29, 1.82) is 0 Å². The van der Waals surface area contributed by atoms with E-state index in [-0.39, 0.29) is 5.41 Å². The van der Waals surface area contributed by atoms with Gasteiger partial charge >= 0.3 is 0 Å². The van der Waals surface area contributed by atoms with Crippen molar-refractivity contribution in [3.63, 3.8) is 0 Å². The number of rotatable bonds is 1. The second-order valence-electron chi connectivity index (χ2n) is 5.69. The Morgan fingerprint density at radius 1 is 1.37 bits per heavy atom. The minimum absolute atomic E-state index is 0.102. The molecule has 0 atom stereocenters. The van der Waals surface area contributed by atoms with Crippen LogP contribution in [0.15, 0.2) is 22.8 Å². The molecule has 0 aromatic carbocycles. The van der Waals surface area contributed by atoms with Gasteiger partial charge in [-0.1, -0.05) is 13.8 Å². The molecule has 1 aliphatic carbocycles. The van der Waals surface area contributed by atoms with Crippen LogP contribution in [0, 0.1) is 0 Å². The number of nitrogen functional groups attached to an aromatic ring is 1. The van der Waals surface area contributed by atoms with E-state index in [4.69, 9.17) is 5.73 Å². The van der Waals surface area contributed by atoms with E-state index in [0.29, 0.717) is 0 Å². The monoisotopic (exact) mass is 320 g/mol. The van der Waals surface area contributed by atoms with E-state index >= 15 is 0 Å². The molecule has 0 amide bonds. The van der Waals surface area contributed by atoms with Crippen molar-refractivity contribution in [1.82, 2.24) is 14.8 Å². The Bertz CT molecular complexity index is 613. The fourth-order valence-electron chi connectivity index (χ4n) is 2.88. The zero-order valence-electron chi connectivity index (χ0n) is 11.2. The number of pyridine rings is 1. The SMILES string of the molecule is CC1(C)CCCc2nn(-c3ccc(Br)cn3)c(N)c21. The zero-order valence-corrected chi connectivity index (χ0v) is 12.7. The molecule has 0 radical (unpaired) electrons. The average Bonchev–Trinajstić information content (AvgIpc) is 2.69. The predicted octanol–water partition coefficient (Wildman–Crippen LogP) is 3.23. The Hall–Kier alpha value is -1.36. The van der Waals surface area contributed by atoms with Gasteiger partial charge < -0.3 is 5.73 Å². The van der Waals surface area contributed by atoms with Gasteiger partial charge in [-0.3, -0.25) is 0 Å². The number of aromatic nitrogens is 3. The Morgan fingerprint density at radius 2 is 2.16 bits per heavy atom. The van der Waals surface area contributed by atoms with Crippen LogP contribution >= 0.6 is 15.9 Å². The molecule has 0 unspecified atom stereocenters. The molecule has 0 saturated carbocycles. The molecule has 0 aliphatic heterocycles. The molecule has 1 aliphatic rings. The molecule has 0 saturated heterocycles. The second kappa shape index (κ2) is 4.34. The molecular weight excluding hydrogens is 304 g/mol. The van der Waals surface area contributed by atoms with Gasteiger partial charge in [0.15, 0.2) is 5.82 Å². The van der Waals surface area contributed by atoms with Gasteiger partial charge in [-0.05, 0) is 52.7 Å². The van der Waals surface area contributed by atoms with Crippen molar-refractivity contribution < 1.29 is 0 Å². The number of halogens is 1. The highest BCUT2D eigenvalue weighted by molar-refractivity contribution is 9.10. The molecule has 2 aromatic heterocycles. The maximum absolute atomic E-state index is 6.32. The first-order chi connectivity index (χ1) is 8.99. The summed E-state index contributed by atoms with van der Waals surface area (Å²) in [5.74, 6) is 1.50. The summed E-state index contributed by atoms with van der Waals surface area (Å²) in [6.45, 7) is 4.48. The number of nitrogens with zero attached hydrogens (tertiary/aromatic N) is 3. The molecule has 2 N–H and O–H groups in total. The van der Waals surface area contributed by atoms with Crippen molar-refractivity contribution in [3.05, 3.63) is 34.1 Å². The highest BCUT2D eigenvalue weighted by Gasteiger charge is 2.33. The summed E-state index contributed by atoms with van der Waals surface area (Å²) in [4.78, 5) is 4.37. The van der Waals surface area contributed by atoms with E-state index in [9.17, 15) is 0 Å². The molecule has 0 fully saturated rings. The summed E-state index contributed by atoms with van der Waals surface area (Å²) < 4.78 is 2.72. The minimum atomic E-state index is 0.102.